The Hall–Kier alpha value is -1.54. The molecule has 0 amide bonds. The first-order chi connectivity index (χ1) is 10.3. The van der Waals surface area contributed by atoms with E-state index in [9.17, 15) is 22.0 Å². The van der Waals surface area contributed by atoms with E-state index in [0.29, 0.717) is 12.2 Å². The second-order valence-electron chi connectivity index (χ2n) is 4.59. The second-order valence-corrected chi connectivity index (χ2v) is 6.50. The molecule has 0 aromatic heterocycles. The van der Waals surface area contributed by atoms with E-state index in [1.54, 1.807) is 6.92 Å². The number of hydrogen-bond donors (Lipinski definition) is 0. The molecule has 0 N–H and O–H groups in total. The van der Waals surface area contributed by atoms with Crippen LogP contribution in [0.25, 0.3) is 0 Å². The van der Waals surface area contributed by atoms with Crippen molar-refractivity contribution >= 4 is 15.8 Å². The molecule has 124 valence electrons. The molecule has 5 nitrogen and oxygen atoms in total. The molecule has 0 heterocycles. The van der Waals surface area contributed by atoms with Crippen LogP contribution in [0.1, 0.15) is 19.4 Å². The molecule has 8 heteroatoms. The highest BCUT2D eigenvalue weighted by Gasteiger charge is 2.26. The van der Waals surface area contributed by atoms with Crippen LogP contribution in [0, 0.1) is 0 Å². The van der Waals surface area contributed by atoms with Crippen molar-refractivity contribution in [3.63, 3.8) is 0 Å². The summed E-state index contributed by atoms with van der Waals surface area (Å²) < 4.78 is 57.5. The van der Waals surface area contributed by atoms with Gasteiger partial charge in [-0.15, -0.1) is 0 Å². The van der Waals surface area contributed by atoms with Gasteiger partial charge in [0.05, 0.1) is 17.9 Å². The number of rotatable bonds is 8. The molecule has 0 unspecified atom stereocenters. The monoisotopic (exact) mass is 336 g/mol. The van der Waals surface area contributed by atoms with E-state index in [1.165, 1.54) is 12.1 Å². The van der Waals surface area contributed by atoms with E-state index in [2.05, 4.69) is 0 Å². The Balaban J connectivity index is 2.63. The number of benzene rings is 1. The Bertz CT molecular complexity index is 584. The number of halogens is 2. The maximum absolute atomic E-state index is 12.4. The summed E-state index contributed by atoms with van der Waals surface area (Å²) >= 11 is 0. The third-order valence-corrected chi connectivity index (χ3v) is 4.12. The minimum atomic E-state index is -4.62. The quantitative estimate of drug-likeness (QED) is 0.681. The molecule has 0 aliphatic rings. The molecular formula is C14H18F2O5S. The summed E-state index contributed by atoms with van der Waals surface area (Å²) in [7, 11) is -4.62. The van der Waals surface area contributed by atoms with Gasteiger partial charge in [0.1, 0.15) is 6.10 Å². The third kappa shape index (κ3) is 5.34. The molecule has 0 aliphatic heterocycles. The van der Waals surface area contributed by atoms with Crippen molar-refractivity contribution in [3.8, 4) is 0 Å². The number of esters is 1. The highest BCUT2D eigenvalue weighted by Crippen LogP contribution is 2.18. The van der Waals surface area contributed by atoms with Gasteiger partial charge in [-0.2, -0.15) is 8.78 Å². The van der Waals surface area contributed by atoms with Crippen LogP contribution in [-0.2, 0) is 30.5 Å². The average Bonchev–Trinajstić information content (AvgIpc) is 2.45. The summed E-state index contributed by atoms with van der Waals surface area (Å²) in [5, 5.41) is 0. The number of sulfone groups is 1. The third-order valence-electron chi connectivity index (χ3n) is 2.72. The van der Waals surface area contributed by atoms with Gasteiger partial charge >= 0.3 is 11.7 Å². The van der Waals surface area contributed by atoms with Crippen LogP contribution < -0.4 is 0 Å². The van der Waals surface area contributed by atoms with E-state index >= 15 is 0 Å². The van der Waals surface area contributed by atoms with Crippen LogP contribution in [-0.4, -0.2) is 39.5 Å². The lowest BCUT2D eigenvalue weighted by Gasteiger charge is -2.13. The minimum Gasteiger partial charge on any atom is -0.460 e. The zero-order valence-electron chi connectivity index (χ0n) is 12.3. The molecule has 1 aromatic carbocycles. The standard InChI is InChI=1S/C14H18F2O5S/c1-3-20-9-10(2)21-13(17)8-11-4-6-12(7-5-11)22(18,19)14(15)16/h4-7,10,14H,3,8-9H2,1-2H3/t10-/m0/s1. The predicted octanol–water partition coefficient (Wildman–Crippen LogP) is 2.19. The summed E-state index contributed by atoms with van der Waals surface area (Å²) in [6, 6.07) is 4.72. The van der Waals surface area contributed by atoms with Crippen molar-refractivity contribution in [2.24, 2.45) is 0 Å². The first-order valence-electron chi connectivity index (χ1n) is 6.65. The number of hydrogen-bond acceptors (Lipinski definition) is 5. The van der Waals surface area contributed by atoms with Gasteiger partial charge in [0, 0.05) is 6.61 Å². The number of ether oxygens (including phenoxy) is 2. The summed E-state index contributed by atoms with van der Waals surface area (Å²) in [5.74, 6) is -3.97. The molecule has 1 rings (SSSR count). The lowest BCUT2D eigenvalue weighted by atomic mass is 10.1. The number of carbonyl (C=O) groups excluding carboxylic acids is 1. The highest BCUT2D eigenvalue weighted by atomic mass is 32.2. The van der Waals surface area contributed by atoms with Crippen molar-refractivity contribution in [2.75, 3.05) is 13.2 Å². The molecular weight excluding hydrogens is 318 g/mol. The largest absolute Gasteiger partial charge is 0.460 e. The van der Waals surface area contributed by atoms with E-state index in [1.807, 2.05) is 6.92 Å². The normalized spacial score (nSPS) is 13.1. The summed E-state index contributed by atoms with van der Waals surface area (Å²) in [6.45, 7) is 4.31. The van der Waals surface area contributed by atoms with Crippen LogP contribution in [0.5, 0.6) is 0 Å². The van der Waals surface area contributed by atoms with Crippen molar-refractivity contribution in [3.05, 3.63) is 29.8 Å². The van der Waals surface area contributed by atoms with Gasteiger partial charge in [-0.3, -0.25) is 4.79 Å². The van der Waals surface area contributed by atoms with Crippen LogP contribution in [0.4, 0.5) is 8.78 Å². The van der Waals surface area contributed by atoms with Gasteiger partial charge in [0.15, 0.2) is 0 Å². The van der Waals surface area contributed by atoms with Crippen LogP contribution in [0.15, 0.2) is 29.2 Å². The maximum Gasteiger partial charge on any atom is 0.341 e. The molecule has 22 heavy (non-hydrogen) atoms. The number of carbonyl (C=O) groups is 1. The Morgan fingerprint density at radius 1 is 1.23 bits per heavy atom. The Labute approximate surface area is 128 Å². The van der Waals surface area contributed by atoms with E-state index in [-0.39, 0.29) is 13.0 Å². The first-order valence-corrected chi connectivity index (χ1v) is 8.20. The van der Waals surface area contributed by atoms with Crippen molar-refractivity contribution in [2.45, 2.75) is 37.0 Å². The molecule has 0 saturated carbocycles. The topological polar surface area (TPSA) is 69.7 Å². The van der Waals surface area contributed by atoms with E-state index in [0.717, 1.165) is 12.1 Å². The number of alkyl halides is 2. The van der Waals surface area contributed by atoms with Gasteiger partial charge in [0.2, 0.25) is 9.84 Å². The van der Waals surface area contributed by atoms with Gasteiger partial charge < -0.3 is 9.47 Å². The van der Waals surface area contributed by atoms with E-state index in [4.69, 9.17) is 9.47 Å². The zero-order valence-corrected chi connectivity index (χ0v) is 13.1. The molecule has 0 bridgehead atoms. The second kappa shape index (κ2) is 8.19. The van der Waals surface area contributed by atoms with E-state index < -0.39 is 32.6 Å². The molecule has 1 aromatic rings. The van der Waals surface area contributed by atoms with Crippen LogP contribution in [0.3, 0.4) is 0 Å². The molecule has 0 radical (unpaired) electrons. The molecule has 0 spiro atoms. The van der Waals surface area contributed by atoms with Crippen molar-refractivity contribution < 1.29 is 31.5 Å². The fourth-order valence-corrected chi connectivity index (χ4v) is 2.37. The summed E-state index contributed by atoms with van der Waals surface area (Å²) in [5.41, 5.74) is 0.474. The lowest BCUT2D eigenvalue weighted by molar-refractivity contribution is -0.150. The molecule has 0 aliphatic carbocycles. The molecule has 0 saturated heterocycles. The fraction of sp³-hybridized carbons (Fsp3) is 0.500. The van der Waals surface area contributed by atoms with Crippen molar-refractivity contribution in [1.29, 1.82) is 0 Å². The van der Waals surface area contributed by atoms with Crippen LogP contribution >= 0.6 is 0 Å². The molecule has 1 atom stereocenters. The summed E-state index contributed by atoms with van der Waals surface area (Å²) in [6.07, 6.45) is -0.475. The van der Waals surface area contributed by atoms with Gasteiger partial charge in [-0.05, 0) is 31.5 Å². The first kappa shape index (κ1) is 18.5. The SMILES string of the molecule is CCOC[C@H](C)OC(=O)Cc1ccc(S(=O)(=O)C(F)F)cc1. The lowest BCUT2D eigenvalue weighted by Crippen LogP contribution is -2.21. The predicted molar refractivity (Wildman–Crippen MR) is 75.4 cm³/mol. The zero-order chi connectivity index (χ0) is 16.8. The smallest absolute Gasteiger partial charge is 0.341 e. The highest BCUT2D eigenvalue weighted by molar-refractivity contribution is 7.91. The van der Waals surface area contributed by atoms with Gasteiger partial charge in [-0.25, -0.2) is 8.42 Å². The van der Waals surface area contributed by atoms with Gasteiger partial charge in [0.25, 0.3) is 0 Å². The average molecular weight is 336 g/mol. The van der Waals surface area contributed by atoms with Crippen molar-refractivity contribution in [1.82, 2.24) is 0 Å². The fourth-order valence-electron chi connectivity index (χ4n) is 1.65. The Morgan fingerprint density at radius 3 is 2.32 bits per heavy atom. The molecule has 0 fully saturated rings. The Morgan fingerprint density at radius 2 is 1.82 bits per heavy atom. The summed E-state index contributed by atoms with van der Waals surface area (Å²) in [4.78, 5) is 11.2. The van der Waals surface area contributed by atoms with Crippen LogP contribution in [0.2, 0.25) is 0 Å². The Kier molecular flexibility index (Phi) is 6.89. The van der Waals surface area contributed by atoms with Gasteiger partial charge in [-0.1, -0.05) is 12.1 Å². The minimum absolute atomic E-state index is 0.0779. The maximum atomic E-state index is 12.4.